The van der Waals surface area contributed by atoms with Crippen LogP contribution < -0.4 is 5.32 Å². The van der Waals surface area contributed by atoms with Crippen molar-refractivity contribution in [2.45, 2.75) is 38.5 Å². The lowest BCUT2D eigenvalue weighted by atomic mass is 10.1. The largest absolute Gasteiger partial charge is 0.340 e. The zero-order chi connectivity index (χ0) is 13.8. The molecular formula is C14H25Cl2N3OS. The Labute approximate surface area is 143 Å². The minimum absolute atomic E-state index is 0. The van der Waals surface area contributed by atoms with Crippen molar-refractivity contribution in [1.82, 2.24) is 15.2 Å². The van der Waals surface area contributed by atoms with Crippen LogP contribution in [-0.4, -0.2) is 43.0 Å². The van der Waals surface area contributed by atoms with Crippen molar-refractivity contribution in [3.05, 3.63) is 15.6 Å². The number of rotatable bonds is 5. The van der Waals surface area contributed by atoms with Crippen molar-refractivity contribution >= 4 is 42.1 Å². The molecule has 1 aromatic rings. The van der Waals surface area contributed by atoms with Crippen molar-refractivity contribution in [2.24, 2.45) is 0 Å². The number of hydrogen-bond acceptors (Lipinski definition) is 4. The standard InChI is InChI=1S/C14H23N3OS.2ClH/c1-10-12(14(18)17(3)9-8-15-2)19-13(16-10)11-6-4-5-7-11;;/h11,15H,4-9H2,1-3H3;2*1H. The van der Waals surface area contributed by atoms with Gasteiger partial charge < -0.3 is 10.2 Å². The number of carbonyl (C=O) groups excluding carboxylic acids is 1. The summed E-state index contributed by atoms with van der Waals surface area (Å²) in [6.45, 7) is 3.50. The molecule has 0 unspecified atom stereocenters. The minimum Gasteiger partial charge on any atom is -0.340 e. The molecule has 0 bridgehead atoms. The SMILES string of the molecule is CNCCN(C)C(=O)c1sc(C2CCCC2)nc1C.Cl.Cl. The highest BCUT2D eigenvalue weighted by Gasteiger charge is 2.24. The summed E-state index contributed by atoms with van der Waals surface area (Å²) >= 11 is 1.60. The second kappa shape index (κ2) is 9.62. The van der Waals surface area contributed by atoms with Gasteiger partial charge in [-0.05, 0) is 26.8 Å². The van der Waals surface area contributed by atoms with Gasteiger partial charge in [0, 0.05) is 26.1 Å². The molecule has 1 heterocycles. The van der Waals surface area contributed by atoms with E-state index in [-0.39, 0.29) is 30.7 Å². The summed E-state index contributed by atoms with van der Waals surface area (Å²) in [5.41, 5.74) is 0.896. The van der Waals surface area contributed by atoms with Gasteiger partial charge in [0.05, 0.1) is 10.7 Å². The van der Waals surface area contributed by atoms with Gasteiger partial charge in [-0.3, -0.25) is 4.79 Å². The average Bonchev–Trinajstić information content (AvgIpc) is 3.03. The van der Waals surface area contributed by atoms with E-state index >= 15 is 0 Å². The van der Waals surface area contributed by atoms with Crippen LogP contribution >= 0.6 is 36.2 Å². The molecule has 1 fully saturated rings. The third-order valence-corrected chi connectivity index (χ3v) is 5.06. The first-order chi connectivity index (χ1) is 9.13. The lowest BCUT2D eigenvalue weighted by Crippen LogP contribution is -2.32. The normalized spacial score (nSPS) is 14.4. The smallest absolute Gasteiger partial charge is 0.265 e. The summed E-state index contributed by atoms with van der Waals surface area (Å²) in [5.74, 6) is 0.697. The number of carbonyl (C=O) groups is 1. The fraction of sp³-hybridized carbons (Fsp3) is 0.714. The highest BCUT2D eigenvalue weighted by molar-refractivity contribution is 7.13. The molecule has 0 aromatic carbocycles. The molecule has 7 heteroatoms. The van der Waals surface area contributed by atoms with Crippen LogP contribution in [0.5, 0.6) is 0 Å². The van der Waals surface area contributed by atoms with Crippen molar-refractivity contribution in [3.63, 3.8) is 0 Å². The molecule has 0 aliphatic heterocycles. The van der Waals surface area contributed by atoms with Crippen LogP contribution in [0.1, 0.15) is 52.0 Å². The maximum atomic E-state index is 12.4. The van der Waals surface area contributed by atoms with Gasteiger partial charge in [0.15, 0.2) is 0 Å². The Balaban J connectivity index is 0.00000200. The van der Waals surface area contributed by atoms with Crippen LogP contribution in [0.3, 0.4) is 0 Å². The monoisotopic (exact) mass is 353 g/mol. The van der Waals surface area contributed by atoms with Gasteiger partial charge in [-0.15, -0.1) is 36.2 Å². The molecule has 4 nitrogen and oxygen atoms in total. The molecule has 1 saturated carbocycles. The van der Waals surface area contributed by atoms with Crippen molar-refractivity contribution in [3.8, 4) is 0 Å². The molecule has 0 atom stereocenters. The molecular weight excluding hydrogens is 329 g/mol. The van der Waals surface area contributed by atoms with Crippen molar-refractivity contribution in [2.75, 3.05) is 27.2 Å². The summed E-state index contributed by atoms with van der Waals surface area (Å²) in [5, 5.41) is 4.23. The highest BCUT2D eigenvalue weighted by atomic mass is 35.5. The third-order valence-electron chi connectivity index (χ3n) is 3.76. The van der Waals surface area contributed by atoms with Gasteiger partial charge in [-0.1, -0.05) is 12.8 Å². The summed E-state index contributed by atoms with van der Waals surface area (Å²) in [6, 6.07) is 0. The molecule has 2 rings (SSSR count). The molecule has 0 radical (unpaired) electrons. The topological polar surface area (TPSA) is 45.2 Å². The van der Waals surface area contributed by atoms with E-state index in [2.05, 4.69) is 10.3 Å². The fourth-order valence-corrected chi connectivity index (χ4v) is 3.75. The molecule has 0 spiro atoms. The summed E-state index contributed by atoms with van der Waals surface area (Å²) in [7, 11) is 3.75. The zero-order valence-electron chi connectivity index (χ0n) is 12.8. The average molecular weight is 354 g/mol. The zero-order valence-corrected chi connectivity index (χ0v) is 15.3. The summed E-state index contributed by atoms with van der Waals surface area (Å²) < 4.78 is 0. The summed E-state index contributed by atoms with van der Waals surface area (Å²) in [4.78, 5) is 19.6. The third kappa shape index (κ3) is 5.09. The van der Waals surface area contributed by atoms with Crippen LogP contribution in [0.25, 0.3) is 0 Å². The van der Waals surface area contributed by atoms with Gasteiger partial charge in [0.1, 0.15) is 4.88 Å². The van der Waals surface area contributed by atoms with Gasteiger partial charge in [-0.25, -0.2) is 4.98 Å². The molecule has 0 saturated heterocycles. The number of aryl methyl sites for hydroxylation is 1. The maximum Gasteiger partial charge on any atom is 0.265 e. The number of halogens is 2. The number of amides is 1. The van der Waals surface area contributed by atoms with E-state index < -0.39 is 0 Å². The van der Waals surface area contributed by atoms with E-state index in [4.69, 9.17) is 0 Å². The second-order valence-electron chi connectivity index (χ2n) is 5.28. The minimum atomic E-state index is 0. The molecule has 122 valence electrons. The lowest BCUT2D eigenvalue weighted by Gasteiger charge is -2.15. The molecule has 1 aliphatic carbocycles. The molecule has 1 N–H and O–H groups in total. The lowest BCUT2D eigenvalue weighted by molar-refractivity contribution is 0.0800. The van der Waals surface area contributed by atoms with Crippen molar-refractivity contribution in [1.29, 1.82) is 0 Å². The van der Waals surface area contributed by atoms with Crippen LogP contribution in [0, 0.1) is 6.92 Å². The van der Waals surface area contributed by atoms with Crippen LogP contribution in [0.15, 0.2) is 0 Å². The number of thiazole rings is 1. The van der Waals surface area contributed by atoms with Crippen LogP contribution in [0.4, 0.5) is 0 Å². The number of nitrogens with one attached hydrogen (secondary N) is 1. The summed E-state index contributed by atoms with van der Waals surface area (Å²) in [6.07, 6.45) is 5.07. The Bertz CT molecular complexity index is 447. The predicted molar refractivity (Wildman–Crippen MR) is 93.4 cm³/mol. The Morgan fingerprint density at radius 1 is 1.38 bits per heavy atom. The van der Waals surface area contributed by atoms with Gasteiger partial charge in [0.2, 0.25) is 0 Å². The quantitative estimate of drug-likeness (QED) is 0.883. The molecule has 1 aromatic heterocycles. The molecule has 21 heavy (non-hydrogen) atoms. The van der Waals surface area contributed by atoms with E-state index in [9.17, 15) is 4.79 Å². The first-order valence-corrected chi connectivity index (χ1v) is 7.82. The second-order valence-corrected chi connectivity index (χ2v) is 6.31. The van der Waals surface area contributed by atoms with Gasteiger partial charge >= 0.3 is 0 Å². The van der Waals surface area contributed by atoms with Crippen LogP contribution in [-0.2, 0) is 0 Å². The first-order valence-electron chi connectivity index (χ1n) is 7.01. The number of aromatic nitrogens is 1. The Kier molecular flexibility index (Phi) is 9.45. The first kappa shape index (κ1) is 20.6. The predicted octanol–water partition coefficient (Wildman–Crippen LogP) is 3.24. The van der Waals surface area contributed by atoms with Crippen molar-refractivity contribution < 1.29 is 4.79 Å². The highest BCUT2D eigenvalue weighted by Crippen LogP contribution is 2.37. The van der Waals surface area contributed by atoms with Crippen LogP contribution in [0.2, 0.25) is 0 Å². The van der Waals surface area contributed by atoms with E-state index in [0.29, 0.717) is 5.92 Å². The maximum absolute atomic E-state index is 12.4. The number of nitrogens with zero attached hydrogens (tertiary/aromatic N) is 2. The van der Waals surface area contributed by atoms with E-state index in [1.807, 2.05) is 21.0 Å². The fourth-order valence-electron chi connectivity index (χ4n) is 2.52. The Hall–Kier alpha value is -0.360. The number of hydrogen-bond donors (Lipinski definition) is 1. The Morgan fingerprint density at radius 2 is 2.00 bits per heavy atom. The Morgan fingerprint density at radius 3 is 2.57 bits per heavy atom. The van der Waals surface area contributed by atoms with E-state index in [1.165, 1.54) is 30.7 Å². The molecule has 1 aliphatic rings. The van der Waals surface area contributed by atoms with Gasteiger partial charge in [-0.2, -0.15) is 0 Å². The van der Waals surface area contributed by atoms with E-state index in [0.717, 1.165) is 23.7 Å². The number of likely N-dealkylation sites (N-methyl/N-ethyl adjacent to an activating group) is 2. The van der Waals surface area contributed by atoms with E-state index in [1.54, 1.807) is 16.2 Å². The van der Waals surface area contributed by atoms with Gasteiger partial charge in [0.25, 0.3) is 5.91 Å². The molecule has 1 amide bonds.